The molecule has 2 aliphatic rings. The van der Waals surface area contributed by atoms with Crippen molar-refractivity contribution < 1.29 is 0 Å². The van der Waals surface area contributed by atoms with Gasteiger partial charge in [-0.3, -0.25) is 0 Å². The Morgan fingerprint density at radius 1 is 0.867 bits per heavy atom. The number of hydrogen-bond acceptors (Lipinski definition) is 1. The third kappa shape index (κ3) is 1.59. The Morgan fingerprint density at radius 2 is 1.60 bits per heavy atom. The van der Waals surface area contributed by atoms with Gasteiger partial charge in [0.15, 0.2) is 0 Å². The molecule has 2 aliphatic carbocycles. The fourth-order valence-electron chi connectivity index (χ4n) is 3.09. The summed E-state index contributed by atoms with van der Waals surface area (Å²) >= 11 is 0. The minimum absolute atomic E-state index is 0.299. The van der Waals surface area contributed by atoms with Gasteiger partial charge in [-0.15, -0.1) is 0 Å². The molecule has 0 saturated carbocycles. The highest BCUT2D eigenvalue weighted by atomic mass is 14.6. The van der Waals surface area contributed by atoms with Crippen LogP contribution in [0.4, 0.5) is 0 Å². The first kappa shape index (κ1) is 9.41. The summed E-state index contributed by atoms with van der Waals surface area (Å²) < 4.78 is 0. The van der Waals surface area contributed by atoms with Crippen molar-refractivity contribution in [3.05, 3.63) is 34.4 Å². The van der Waals surface area contributed by atoms with E-state index in [-0.39, 0.29) is 0 Å². The lowest BCUT2D eigenvalue weighted by Crippen LogP contribution is -2.11. The Bertz CT molecular complexity index is 381. The van der Waals surface area contributed by atoms with E-state index in [2.05, 4.69) is 12.1 Å². The van der Waals surface area contributed by atoms with E-state index in [1.165, 1.54) is 50.5 Å². The van der Waals surface area contributed by atoms with E-state index < -0.39 is 0 Å². The predicted octanol–water partition coefficient (Wildman–Crippen LogP) is 2.90. The predicted molar refractivity (Wildman–Crippen MR) is 63.0 cm³/mol. The number of nitrogens with two attached hydrogens (primary N) is 1. The van der Waals surface area contributed by atoms with Gasteiger partial charge in [0.2, 0.25) is 0 Å². The van der Waals surface area contributed by atoms with Crippen molar-refractivity contribution in [1.29, 1.82) is 0 Å². The molecule has 1 nitrogen and oxygen atoms in total. The molecular formula is C14H19N. The van der Waals surface area contributed by atoms with Crippen LogP contribution < -0.4 is 5.73 Å². The molecule has 0 saturated heterocycles. The topological polar surface area (TPSA) is 26.0 Å². The minimum atomic E-state index is 0.299. The van der Waals surface area contributed by atoms with Gasteiger partial charge in [-0.05, 0) is 60.8 Å². The largest absolute Gasteiger partial charge is 0.324 e. The summed E-state index contributed by atoms with van der Waals surface area (Å²) in [5.41, 5.74) is 12.4. The Balaban J connectivity index is 2.09. The zero-order chi connectivity index (χ0) is 10.3. The van der Waals surface area contributed by atoms with E-state index in [0.717, 1.165) is 0 Å². The van der Waals surface area contributed by atoms with Crippen LogP contribution in [0.2, 0.25) is 0 Å². The van der Waals surface area contributed by atoms with E-state index in [1.54, 1.807) is 16.7 Å². The molecule has 1 heteroatoms. The smallest absolute Gasteiger partial charge is 0.0297 e. The van der Waals surface area contributed by atoms with Crippen LogP contribution in [0.15, 0.2) is 12.1 Å². The molecule has 0 bridgehead atoms. The highest BCUT2D eigenvalue weighted by Crippen LogP contribution is 2.32. The van der Waals surface area contributed by atoms with Gasteiger partial charge in [0.25, 0.3) is 0 Å². The lowest BCUT2D eigenvalue weighted by atomic mass is 9.94. The normalized spacial score (nSPS) is 24.5. The molecule has 1 atom stereocenters. The van der Waals surface area contributed by atoms with Crippen molar-refractivity contribution in [3.63, 3.8) is 0 Å². The Labute approximate surface area is 91.7 Å². The van der Waals surface area contributed by atoms with Crippen molar-refractivity contribution in [2.45, 2.75) is 51.0 Å². The molecule has 0 radical (unpaired) electrons. The number of rotatable bonds is 0. The molecule has 0 heterocycles. The summed E-state index contributed by atoms with van der Waals surface area (Å²) in [5, 5.41) is 0. The first-order valence-electron chi connectivity index (χ1n) is 6.25. The molecule has 2 N–H and O–H groups in total. The summed E-state index contributed by atoms with van der Waals surface area (Å²) in [6.45, 7) is 0. The number of hydrogen-bond donors (Lipinski definition) is 1. The van der Waals surface area contributed by atoms with Gasteiger partial charge >= 0.3 is 0 Å². The van der Waals surface area contributed by atoms with Crippen LogP contribution in [0.25, 0.3) is 0 Å². The Morgan fingerprint density at radius 3 is 2.47 bits per heavy atom. The number of benzene rings is 1. The lowest BCUT2D eigenvalue weighted by molar-refractivity contribution is 0.615. The van der Waals surface area contributed by atoms with Crippen LogP contribution in [-0.2, 0) is 19.3 Å². The monoisotopic (exact) mass is 201 g/mol. The number of aryl methyl sites for hydroxylation is 3. The van der Waals surface area contributed by atoms with Crippen LogP contribution >= 0.6 is 0 Å². The maximum Gasteiger partial charge on any atom is 0.0297 e. The molecule has 0 fully saturated rings. The second-order valence-electron chi connectivity index (χ2n) is 5.03. The minimum Gasteiger partial charge on any atom is -0.324 e. The molecule has 1 aromatic carbocycles. The van der Waals surface area contributed by atoms with Crippen molar-refractivity contribution in [3.8, 4) is 0 Å². The average Bonchev–Trinajstić information content (AvgIpc) is 2.62. The third-order valence-electron chi connectivity index (χ3n) is 3.96. The summed E-state index contributed by atoms with van der Waals surface area (Å²) in [5.74, 6) is 0. The van der Waals surface area contributed by atoms with Gasteiger partial charge in [-0.2, -0.15) is 0 Å². The molecule has 0 unspecified atom stereocenters. The van der Waals surface area contributed by atoms with Gasteiger partial charge in [0.1, 0.15) is 0 Å². The highest BCUT2D eigenvalue weighted by molar-refractivity contribution is 5.42. The maximum atomic E-state index is 6.24. The summed E-state index contributed by atoms with van der Waals surface area (Å²) in [4.78, 5) is 0. The van der Waals surface area contributed by atoms with Crippen LogP contribution in [0.1, 0.15) is 54.0 Å². The average molecular weight is 201 g/mol. The fraction of sp³-hybridized carbons (Fsp3) is 0.571. The summed E-state index contributed by atoms with van der Waals surface area (Å²) in [6.07, 6.45) is 8.93. The third-order valence-corrected chi connectivity index (χ3v) is 3.96. The summed E-state index contributed by atoms with van der Waals surface area (Å²) in [7, 11) is 0. The molecular weight excluding hydrogens is 182 g/mol. The van der Waals surface area contributed by atoms with E-state index in [0.29, 0.717) is 6.04 Å². The van der Waals surface area contributed by atoms with E-state index in [4.69, 9.17) is 5.73 Å². The molecule has 80 valence electrons. The molecule has 0 aliphatic heterocycles. The molecule has 0 aromatic heterocycles. The molecule has 0 amide bonds. The summed E-state index contributed by atoms with van der Waals surface area (Å²) in [6, 6.07) is 5.16. The van der Waals surface area contributed by atoms with Crippen LogP contribution in [-0.4, -0.2) is 0 Å². The van der Waals surface area contributed by atoms with E-state index >= 15 is 0 Å². The van der Waals surface area contributed by atoms with Crippen LogP contribution in [0, 0.1) is 0 Å². The first-order chi connectivity index (χ1) is 7.34. The molecule has 1 aromatic rings. The SMILES string of the molecule is N[C@@H]1CCCCc2cc3c(cc21)CCC3. The van der Waals surface area contributed by atoms with Gasteiger partial charge in [-0.25, -0.2) is 0 Å². The van der Waals surface area contributed by atoms with Crippen LogP contribution in [0.5, 0.6) is 0 Å². The Hall–Kier alpha value is -0.820. The zero-order valence-corrected chi connectivity index (χ0v) is 9.26. The van der Waals surface area contributed by atoms with E-state index in [9.17, 15) is 0 Å². The quantitative estimate of drug-likeness (QED) is 0.642. The van der Waals surface area contributed by atoms with Crippen LogP contribution in [0.3, 0.4) is 0 Å². The van der Waals surface area contributed by atoms with Gasteiger partial charge in [0, 0.05) is 6.04 Å². The van der Waals surface area contributed by atoms with Crippen molar-refractivity contribution in [2.24, 2.45) is 5.73 Å². The van der Waals surface area contributed by atoms with Gasteiger partial charge < -0.3 is 5.73 Å². The van der Waals surface area contributed by atoms with E-state index in [1.807, 2.05) is 0 Å². The second-order valence-corrected chi connectivity index (χ2v) is 5.03. The van der Waals surface area contributed by atoms with Gasteiger partial charge in [-0.1, -0.05) is 18.6 Å². The molecule has 3 rings (SSSR count). The van der Waals surface area contributed by atoms with Crippen molar-refractivity contribution in [2.75, 3.05) is 0 Å². The maximum absolute atomic E-state index is 6.24. The number of fused-ring (bicyclic) bond motifs is 2. The molecule has 15 heavy (non-hydrogen) atoms. The highest BCUT2D eigenvalue weighted by Gasteiger charge is 2.19. The molecule has 0 spiro atoms. The zero-order valence-electron chi connectivity index (χ0n) is 9.26. The first-order valence-corrected chi connectivity index (χ1v) is 6.25. The standard InChI is InChI=1S/C14H19N/c15-14-7-2-1-4-12-8-10-5-3-6-11(10)9-13(12)14/h8-9,14H,1-7,15H2/t14-/m1/s1. The van der Waals surface area contributed by atoms with Crippen molar-refractivity contribution >= 4 is 0 Å². The second kappa shape index (κ2) is 3.64. The Kier molecular flexibility index (Phi) is 2.28. The van der Waals surface area contributed by atoms with Crippen molar-refractivity contribution in [1.82, 2.24) is 0 Å². The van der Waals surface area contributed by atoms with Gasteiger partial charge in [0.05, 0.1) is 0 Å². The lowest BCUT2D eigenvalue weighted by Gasteiger charge is -2.14. The fourth-order valence-corrected chi connectivity index (χ4v) is 3.09.